The van der Waals surface area contributed by atoms with Crippen LogP contribution in [0.4, 0.5) is 0 Å². The Morgan fingerprint density at radius 3 is 2.05 bits per heavy atom. The maximum Gasteiger partial charge on any atom is 0.241 e. The predicted octanol–water partition coefficient (Wildman–Crippen LogP) is 3.31. The first kappa shape index (κ1) is 16.3. The fourth-order valence-corrected chi connectivity index (χ4v) is 4.89. The van der Waals surface area contributed by atoms with Crippen molar-refractivity contribution in [2.75, 3.05) is 7.11 Å². The largest absolute Gasteiger partial charge is 0.497 e. The van der Waals surface area contributed by atoms with Crippen LogP contribution in [-0.2, 0) is 10.0 Å². The first-order chi connectivity index (χ1) is 9.94. The molecule has 5 heteroatoms. The van der Waals surface area contributed by atoms with Crippen molar-refractivity contribution in [3.8, 4) is 5.75 Å². The summed E-state index contributed by atoms with van der Waals surface area (Å²) in [6.45, 7) is 3.63. The summed E-state index contributed by atoms with van der Waals surface area (Å²) in [6, 6.07) is 3.61. The highest BCUT2D eigenvalue weighted by atomic mass is 32.2. The van der Waals surface area contributed by atoms with Crippen molar-refractivity contribution in [1.29, 1.82) is 0 Å². The molecule has 0 aromatic heterocycles. The van der Waals surface area contributed by atoms with Gasteiger partial charge in [-0.15, -0.1) is 0 Å². The van der Waals surface area contributed by atoms with Gasteiger partial charge in [-0.3, -0.25) is 0 Å². The molecule has 118 valence electrons. The standard InChI is InChI=1S/C16H25NO3S/c1-12-10-15(20-3)11-13(2)16(12)21(18,19)17-14-8-6-4-5-7-9-14/h10-11,14,17H,4-9H2,1-3H3. The number of hydrogen-bond donors (Lipinski definition) is 1. The molecule has 1 aromatic carbocycles. The van der Waals surface area contributed by atoms with Crippen molar-refractivity contribution in [2.45, 2.75) is 63.3 Å². The van der Waals surface area contributed by atoms with Crippen molar-refractivity contribution in [2.24, 2.45) is 0 Å². The van der Waals surface area contributed by atoms with E-state index in [0.29, 0.717) is 10.6 Å². The molecule has 0 bridgehead atoms. The minimum absolute atomic E-state index is 0.0680. The van der Waals surface area contributed by atoms with Gasteiger partial charge in [-0.25, -0.2) is 13.1 Å². The summed E-state index contributed by atoms with van der Waals surface area (Å²) < 4.78 is 33.5. The van der Waals surface area contributed by atoms with Gasteiger partial charge in [0, 0.05) is 6.04 Å². The molecule has 0 unspecified atom stereocenters. The summed E-state index contributed by atoms with van der Waals surface area (Å²) in [5, 5.41) is 0. The minimum atomic E-state index is -3.47. The quantitative estimate of drug-likeness (QED) is 0.868. The normalized spacial score (nSPS) is 17.5. The zero-order valence-corrected chi connectivity index (χ0v) is 13.9. The lowest BCUT2D eigenvalue weighted by Crippen LogP contribution is -2.35. The second-order valence-electron chi connectivity index (χ2n) is 5.90. The first-order valence-electron chi connectivity index (χ1n) is 7.61. The van der Waals surface area contributed by atoms with E-state index in [2.05, 4.69) is 4.72 Å². The average Bonchev–Trinajstić information content (AvgIpc) is 2.65. The molecule has 1 aliphatic rings. The van der Waals surface area contributed by atoms with Crippen molar-refractivity contribution >= 4 is 10.0 Å². The number of methoxy groups -OCH3 is 1. The molecule has 21 heavy (non-hydrogen) atoms. The van der Waals surface area contributed by atoms with Gasteiger partial charge in [-0.2, -0.15) is 0 Å². The monoisotopic (exact) mass is 311 g/mol. The number of sulfonamides is 1. The van der Waals surface area contributed by atoms with Crippen LogP contribution in [0.5, 0.6) is 5.75 Å². The minimum Gasteiger partial charge on any atom is -0.497 e. The topological polar surface area (TPSA) is 55.4 Å². The van der Waals surface area contributed by atoms with Gasteiger partial charge in [0.1, 0.15) is 5.75 Å². The predicted molar refractivity (Wildman–Crippen MR) is 84.3 cm³/mol. The van der Waals surface area contributed by atoms with Gasteiger partial charge in [-0.05, 0) is 49.9 Å². The first-order valence-corrected chi connectivity index (χ1v) is 9.10. The van der Waals surface area contributed by atoms with Crippen LogP contribution in [-0.4, -0.2) is 21.6 Å². The molecular formula is C16H25NO3S. The van der Waals surface area contributed by atoms with Crippen LogP contribution in [0.2, 0.25) is 0 Å². The van der Waals surface area contributed by atoms with Crippen molar-refractivity contribution < 1.29 is 13.2 Å². The molecule has 1 N–H and O–H groups in total. The van der Waals surface area contributed by atoms with Gasteiger partial charge in [-0.1, -0.05) is 25.7 Å². The Bertz CT molecular complexity index is 565. The van der Waals surface area contributed by atoms with Crippen molar-refractivity contribution in [3.63, 3.8) is 0 Å². The fourth-order valence-electron chi connectivity index (χ4n) is 3.13. The smallest absolute Gasteiger partial charge is 0.241 e. The molecule has 1 saturated carbocycles. The molecule has 0 saturated heterocycles. The maximum atomic E-state index is 12.7. The van der Waals surface area contributed by atoms with Gasteiger partial charge >= 0.3 is 0 Å². The Balaban J connectivity index is 2.26. The summed E-state index contributed by atoms with van der Waals surface area (Å²) in [4.78, 5) is 0.396. The Labute approximate surface area is 127 Å². The van der Waals surface area contributed by atoms with Crippen LogP contribution in [0, 0.1) is 13.8 Å². The third kappa shape index (κ3) is 3.98. The average molecular weight is 311 g/mol. The number of aryl methyl sites for hydroxylation is 2. The second kappa shape index (κ2) is 6.79. The summed E-state index contributed by atoms with van der Waals surface area (Å²) >= 11 is 0. The Hall–Kier alpha value is -1.07. The van der Waals surface area contributed by atoms with E-state index in [9.17, 15) is 8.42 Å². The maximum absolute atomic E-state index is 12.7. The van der Waals surface area contributed by atoms with Crippen molar-refractivity contribution in [3.05, 3.63) is 23.3 Å². The summed E-state index contributed by atoms with van der Waals surface area (Å²) in [5.74, 6) is 0.693. The van der Waals surface area contributed by atoms with E-state index >= 15 is 0 Å². The zero-order chi connectivity index (χ0) is 15.5. The SMILES string of the molecule is COc1cc(C)c(S(=O)(=O)NC2CCCCCC2)c(C)c1. The van der Waals surface area contributed by atoms with E-state index in [1.54, 1.807) is 19.2 Å². The number of benzene rings is 1. The molecule has 0 heterocycles. The molecule has 0 spiro atoms. The molecule has 4 nitrogen and oxygen atoms in total. The van der Waals surface area contributed by atoms with Crippen molar-refractivity contribution in [1.82, 2.24) is 4.72 Å². The Morgan fingerprint density at radius 1 is 1.05 bits per heavy atom. The van der Waals surface area contributed by atoms with E-state index < -0.39 is 10.0 Å². The van der Waals surface area contributed by atoms with E-state index in [4.69, 9.17) is 4.74 Å². The molecule has 1 aliphatic carbocycles. The molecule has 0 radical (unpaired) electrons. The van der Waals surface area contributed by atoms with Crippen LogP contribution in [0.25, 0.3) is 0 Å². The summed E-state index contributed by atoms with van der Waals surface area (Å²) in [7, 11) is -1.88. The van der Waals surface area contributed by atoms with E-state index in [1.807, 2.05) is 13.8 Å². The van der Waals surface area contributed by atoms with Crippen LogP contribution in [0.15, 0.2) is 17.0 Å². The highest BCUT2D eigenvalue weighted by Gasteiger charge is 2.24. The Morgan fingerprint density at radius 2 is 1.57 bits per heavy atom. The lowest BCUT2D eigenvalue weighted by molar-refractivity contribution is 0.413. The molecular weight excluding hydrogens is 286 g/mol. The molecule has 1 fully saturated rings. The van der Waals surface area contributed by atoms with Crippen LogP contribution in [0.3, 0.4) is 0 Å². The summed E-state index contributed by atoms with van der Waals surface area (Å²) in [5.41, 5.74) is 1.46. The molecule has 2 rings (SSSR count). The molecule has 0 amide bonds. The van der Waals surface area contributed by atoms with E-state index in [-0.39, 0.29) is 6.04 Å². The van der Waals surface area contributed by atoms with Crippen LogP contribution in [0.1, 0.15) is 49.7 Å². The molecule has 0 aliphatic heterocycles. The molecule has 1 aromatic rings. The third-order valence-corrected chi connectivity index (χ3v) is 5.94. The van der Waals surface area contributed by atoms with Gasteiger partial charge in [0.25, 0.3) is 0 Å². The zero-order valence-electron chi connectivity index (χ0n) is 13.1. The summed E-state index contributed by atoms with van der Waals surface area (Å²) in [6.07, 6.45) is 6.50. The van der Waals surface area contributed by atoms with Crippen LogP contribution >= 0.6 is 0 Å². The highest BCUT2D eigenvalue weighted by molar-refractivity contribution is 7.89. The molecule has 0 atom stereocenters. The lowest BCUT2D eigenvalue weighted by Gasteiger charge is -2.19. The van der Waals surface area contributed by atoms with Gasteiger partial charge in [0.15, 0.2) is 0 Å². The van der Waals surface area contributed by atoms with E-state index in [0.717, 1.165) is 36.8 Å². The number of rotatable bonds is 4. The number of ether oxygens (including phenoxy) is 1. The fraction of sp³-hybridized carbons (Fsp3) is 0.625. The Kier molecular flexibility index (Phi) is 5.27. The van der Waals surface area contributed by atoms with E-state index in [1.165, 1.54) is 12.8 Å². The van der Waals surface area contributed by atoms with Gasteiger partial charge in [0.05, 0.1) is 12.0 Å². The highest BCUT2D eigenvalue weighted by Crippen LogP contribution is 2.27. The van der Waals surface area contributed by atoms with Gasteiger partial charge < -0.3 is 4.74 Å². The lowest BCUT2D eigenvalue weighted by atomic mass is 10.1. The van der Waals surface area contributed by atoms with Gasteiger partial charge in [0.2, 0.25) is 10.0 Å². The third-order valence-electron chi connectivity index (χ3n) is 4.12. The number of nitrogens with one attached hydrogen (secondary N) is 1. The number of hydrogen-bond acceptors (Lipinski definition) is 3. The second-order valence-corrected chi connectivity index (χ2v) is 7.55. The van der Waals surface area contributed by atoms with Crippen LogP contribution < -0.4 is 9.46 Å².